The van der Waals surface area contributed by atoms with Crippen molar-refractivity contribution in [3.05, 3.63) is 61.2 Å². The first-order valence-electron chi connectivity index (χ1n) is 45.7. The highest BCUT2D eigenvalue weighted by Gasteiger charge is 2.12. The lowest BCUT2D eigenvalue weighted by Gasteiger charge is -2.23. The molecule has 0 saturated carbocycles. The van der Waals surface area contributed by atoms with Crippen LogP contribution < -0.4 is 60.2 Å². The van der Waals surface area contributed by atoms with Crippen molar-refractivity contribution < 1.29 is 43.3 Å². The summed E-state index contributed by atoms with van der Waals surface area (Å²) in [5.74, 6) is 0. The fourth-order valence-electron chi connectivity index (χ4n) is 14.3. The molecule has 5 N–H and O–H groups in total. The number of aryl methyl sites for hydroxylation is 2. The van der Waals surface area contributed by atoms with E-state index in [1.165, 1.54) is 437 Å². The molecule has 102 heavy (non-hydrogen) atoms. The molecule has 606 valence electrons. The summed E-state index contributed by atoms with van der Waals surface area (Å²) in [7, 11) is 0. The number of nitrogens with zero attached hydrogens (tertiary/aromatic N) is 3. The Bertz CT molecular complexity index is 1620. The average Bonchev–Trinajstić information content (AvgIpc) is 1.38. The number of hydrogen-bond donors (Lipinski definition) is 4. The van der Waals surface area contributed by atoms with E-state index in [2.05, 4.69) is 126 Å². The van der Waals surface area contributed by atoms with Crippen LogP contribution in [0.2, 0.25) is 0 Å². The van der Waals surface area contributed by atoms with Gasteiger partial charge in [0.15, 0.2) is 24.8 Å². The first-order chi connectivity index (χ1) is 49.6. The predicted molar refractivity (Wildman–Crippen MR) is 446 cm³/mol. The second-order valence-electron chi connectivity index (χ2n) is 31.0. The summed E-state index contributed by atoms with van der Waals surface area (Å²) in [6.07, 6.45) is 99.3. The molecule has 2 aromatic heterocycles. The average molecular weight is 1520 g/mol. The van der Waals surface area contributed by atoms with E-state index in [4.69, 9.17) is 10.5 Å². The third-order valence-corrected chi connectivity index (χ3v) is 21.0. The van der Waals surface area contributed by atoms with E-state index in [0.717, 1.165) is 52.4 Å². The maximum absolute atomic E-state index is 5.73. The van der Waals surface area contributed by atoms with Crippen molar-refractivity contribution in [1.29, 1.82) is 0 Å². The van der Waals surface area contributed by atoms with Crippen LogP contribution in [0.15, 0.2) is 61.2 Å². The van der Waals surface area contributed by atoms with Crippen LogP contribution in [0.1, 0.15) is 439 Å². The number of morpholine rings is 1. The molecular weight excluding hydrogens is 1330 g/mol. The quantitative estimate of drug-likeness (QED) is 0.0390. The van der Waals surface area contributed by atoms with E-state index < -0.39 is 0 Å². The van der Waals surface area contributed by atoms with Crippen molar-refractivity contribution in [2.75, 3.05) is 72.1 Å². The Morgan fingerprint density at radius 3 is 0.843 bits per heavy atom. The second-order valence-corrected chi connectivity index (χ2v) is 31.0. The molecule has 0 aromatic carbocycles. The molecule has 3 rings (SSSR count). The van der Waals surface area contributed by atoms with Gasteiger partial charge in [-0.3, -0.25) is 0 Å². The topological polar surface area (TPSA) is 82.3 Å². The monoisotopic (exact) mass is 1520 g/mol. The molecule has 0 amide bonds. The van der Waals surface area contributed by atoms with Gasteiger partial charge in [0.1, 0.15) is 13.1 Å². The summed E-state index contributed by atoms with van der Waals surface area (Å²) in [5.41, 5.74) is 5.54. The molecule has 1 fully saturated rings. The Labute approximate surface area is 657 Å². The van der Waals surface area contributed by atoms with Crippen molar-refractivity contribution >= 4 is 0 Å². The van der Waals surface area contributed by atoms with Crippen LogP contribution in [0.4, 0.5) is 0 Å². The minimum atomic E-state index is 0. The van der Waals surface area contributed by atoms with Gasteiger partial charge in [0.25, 0.3) is 0 Å². The molecule has 10 heteroatoms. The number of pyridine rings is 2. The van der Waals surface area contributed by atoms with Crippen LogP contribution in [0.3, 0.4) is 0 Å². The lowest BCUT2D eigenvalue weighted by Crippen LogP contribution is -3.00. The van der Waals surface area contributed by atoms with E-state index in [9.17, 15) is 0 Å². The lowest BCUT2D eigenvalue weighted by atomic mass is 10.0. The van der Waals surface area contributed by atoms with Gasteiger partial charge >= 0.3 is 0 Å². The minimum absolute atomic E-state index is 0. The zero-order valence-electron chi connectivity index (χ0n) is 69.7. The first-order valence-corrected chi connectivity index (χ1v) is 45.7. The number of hydrogen-bond acceptors (Lipinski definition) is 6. The van der Waals surface area contributed by atoms with Gasteiger partial charge in [0.2, 0.25) is 0 Å². The van der Waals surface area contributed by atoms with Gasteiger partial charge in [-0.2, -0.15) is 0 Å². The van der Waals surface area contributed by atoms with Crippen molar-refractivity contribution in [1.82, 2.24) is 20.9 Å². The smallest absolute Gasteiger partial charge is 0.168 e. The van der Waals surface area contributed by atoms with Gasteiger partial charge < -0.3 is 60.7 Å². The highest BCUT2D eigenvalue weighted by Crippen LogP contribution is 2.19. The summed E-state index contributed by atoms with van der Waals surface area (Å²) in [6.45, 7) is 25.5. The Balaban J connectivity index is -0.00000130. The molecule has 2 aromatic rings. The standard InChI is InChI=1S/C30H66N4.2C21H38N.C20H41NO.BrH.ClH/c1-3-5-7-9-11-13-15-17-19-21-28-34(30-27-33-26-25-32-24-23-31)29-22-20-18-16-14-12-10-8-6-4-2;2*1-2-3-4-5-6-7-8-9-10-11-12-13-14-16-19-22-20-17-15-18-21-22;1-2-3-4-5-6-7-8-9-10-11-12-13-14-15-16-20-19-21-17-18-22-20;;/h32-33H,3-31H2,1-2H3;2*15,17-18,20-21H,2-14,16,19H2,1H3;20-21H,2-19H2,1H3;2*1H/q;2*+1;;;/p-2. The number of ether oxygens (including phenoxy) is 1. The van der Waals surface area contributed by atoms with Gasteiger partial charge in [0.05, 0.1) is 12.7 Å². The molecule has 1 aliphatic heterocycles. The van der Waals surface area contributed by atoms with Crippen LogP contribution in [-0.4, -0.2) is 83.1 Å². The molecule has 1 saturated heterocycles. The zero-order valence-corrected chi connectivity index (χ0v) is 72.0. The number of rotatable bonds is 75. The largest absolute Gasteiger partial charge is 1.00 e. The second kappa shape index (κ2) is 95.9. The Kier molecular flexibility index (Phi) is 98.7. The normalized spacial score (nSPS) is 12.6. The molecule has 3 heterocycles. The lowest BCUT2D eigenvalue weighted by molar-refractivity contribution is -0.697. The highest BCUT2D eigenvalue weighted by atomic mass is 79.9. The molecular formula is C92H183BrClN7O. The number of nitrogens with two attached hydrogens (primary N) is 1. The van der Waals surface area contributed by atoms with Crippen LogP contribution in [0.5, 0.6) is 0 Å². The number of unbranched alkanes of at least 4 members (excludes halogenated alkanes) is 57. The van der Waals surface area contributed by atoms with E-state index >= 15 is 0 Å². The number of aromatic nitrogens is 2. The van der Waals surface area contributed by atoms with Crippen molar-refractivity contribution in [2.24, 2.45) is 5.73 Å². The van der Waals surface area contributed by atoms with Gasteiger partial charge in [0, 0.05) is 89.5 Å². The van der Waals surface area contributed by atoms with Gasteiger partial charge in [-0.05, 0) is 45.2 Å². The molecule has 0 aliphatic carbocycles. The zero-order chi connectivity index (χ0) is 71.9. The molecule has 1 unspecified atom stereocenters. The maximum Gasteiger partial charge on any atom is 0.168 e. The van der Waals surface area contributed by atoms with Gasteiger partial charge in [-0.1, -0.05) is 406 Å². The molecule has 0 spiro atoms. The molecule has 1 aliphatic rings. The maximum atomic E-state index is 5.73. The fraction of sp³-hybridized carbons (Fsp3) is 0.891. The summed E-state index contributed by atoms with van der Waals surface area (Å²) in [5, 5.41) is 10.4. The van der Waals surface area contributed by atoms with Crippen LogP contribution in [0, 0.1) is 0 Å². The molecule has 1 atom stereocenters. The van der Waals surface area contributed by atoms with Gasteiger partial charge in [-0.15, -0.1) is 0 Å². The van der Waals surface area contributed by atoms with Crippen molar-refractivity contribution in [2.45, 2.75) is 458 Å². The summed E-state index contributed by atoms with van der Waals surface area (Å²) in [6, 6.07) is 12.6. The SMILES string of the molecule is CCCCCCCCCCCCCCCCC1CNCCO1.CCCCCCCCCCCCCCCC[n+]1ccccc1.CCCCCCCCCCCCCCCC[n+]1ccccc1.CCCCCCCCCCCCN(CCCCCCCCCCCC)CCNCCNCCN.[Br-].[Cl-]. The van der Waals surface area contributed by atoms with Crippen molar-refractivity contribution in [3.8, 4) is 0 Å². The predicted octanol–water partition coefficient (Wildman–Crippen LogP) is 20.0. The van der Waals surface area contributed by atoms with Crippen molar-refractivity contribution in [3.63, 3.8) is 0 Å². The first kappa shape index (κ1) is 105. The summed E-state index contributed by atoms with van der Waals surface area (Å²) in [4.78, 5) is 2.73. The number of nitrogens with one attached hydrogen (secondary N) is 3. The Hall–Kier alpha value is -1.17. The number of halogens is 2. The fourth-order valence-corrected chi connectivity index (χ4v) is 14.3. The van der Waals surface area contributed by atoms with Crippen LogP contribution in [0.25, 0.3) is 0 Å². The van der Waals surface area contributed by atoms with E-state index in [0.29, 0.717) is 6.10 Å². The summed E-state index contributed by atoms with van der Waals surface area (Å²) < 4.78 is 10.3. The molecule has 0 bridgehead atoms. The van der Waals surface area contributed by atoms with E-state index in [1.54, 1.807) is 0 Å². The third-order valence-electron chi connectivity index (χ3n) is 21.0. The highest BCUT2D eigenvalue weighted by molar-refractivity contribution is 4.84. The van der Waals surface area contributed by atoms with E-state index in [-0.39, 0.29) is 29.4 Å². The molecule has 8 nitrogen and oxygen atoms in total. The van der Waals surface area contributed by atoms with Crippen LogP contribution in [-0.2, 0) is 17.8 Å². The minimum Gasteiger partial charge on any atom is -1.00 e. The Morgan fingerprint density at radius 2 is 0.578 bits per heavy atom. The summed E-state index contributed by atoms with van der Waals surface area (Å²) >= 11 is 0. The van der Waals surface area contributed by atoms with Gasteiger partial charge in [-0.25, -0.2) is 9.13 Å². The molecule has 0 radical (unpaired) electrons. The van der Waals surface area contributed by atoms with Crippen LogP contribution >= 0.6 is 0 Å². The Morgan fingerprint density at radius 1 is 0.324 bits per heavy atom. The van der Waals surface area contributed by atoms with E-state index in [1.807, 2.05) is 0 Å². The third kappa shape index (κ3) is 87.7.